The minimum Gasteiger partial charge on any atom is -0.320 e. The molecule has 0 saturated carbocycles. The Hall–Kier alpha value is -0.130. The summed E-state index contributed by atoms with van der Waals surface area (Å²) >= 11 is 2.38. The van der Waals surface area contributed by atoms with Crippen LogP contribution in [0.5, 0.6) is 0 Å². The Kier molecular flexibility index (Phi) is 6.14. The van der Waals surface area contributed by atoms with Gasteiger partial charge >= 0.3 is 0 Å². The summed E-state index contributed by atoms with van der Waals surface area (Å²) in [6, 6.07) is 8.48. The summed E-state index contributed by atoms with van der Waals surface area (Å²) in [7, 11) is 1.99. The highest BCUT2D eigenvalue weighted by Gasteiger charge is 1.96. The van der Waals surface area contributed by atoms with Gasteiger partial charge in [0.15, 0.2) is 0 Å². The van der Waals surface area contributed by atoms with Gasteiger partial charge in [0.1, 0.15) is 0 Å². The van der Waals surface area contributed by atoms with Gasteiger partial charge in [0.25, 0.3) is 0 Å². The fourth-order valence-electron chi connectivity index (χ4n) is 1.25. The number of benzene rings is 1. The third kappa shape index (κ3) is 4.39. The van der Waals surface area contributed by atoms with Crippen LogP contribution in [0.3, 0.4) is 0 Å². The summed E-state index contributed by atoms with van der Waals surface area (Å²) in [5.41, 5.74) is 1.39. The molecule has 0 aliphatic heterocycles. The number of nitrogens with one attached hydrogen (secondary N) is 2. The van der Waals surface area contributed by atoms with Gasteiger partial charge in [-0.25, -0.2) is 0 Å². The lowest BCUT2D eigenvalue weighted by molar-refractivity contribution is 0.624. The van der Waals surface area contributed by atoms with Crippen molar-refractivity contribution in [3.63, 3.8) is 0 Å². The fourth-order valence-corrected chi connectivity index (χ4v) is 1.83. The van der Waals surface area contributed by atoms with Gasteiger partial charge in [-0.05, 0) is 60.8 Å². The standard InChI is InChI=1S/C11H17IN2/c1-13-7-4-8-14-9-10-5-2-3-6-11(10)12/h2-3,5-6,13-14H,4,7-9H2,1H3. The van der Waals surface area contributed by atoms with Crippen molar-refractivity contribution < 1.29 is 0 Å². The molecular formula is C11H17IN2. The highest BCUT2D eigenvalue weighted by molar-refractivity contribution is 14.1. The Labute approximate surface area is 99.6 Å². The second-order valence-corrected chi connectivity index (χ2v) is 4.39. The first-order chi connectivity index (χ1) is 6.84. The van der Waals surface area contributed by atoms with Gasteiger partial charge in [-0.3, -0.25) is 0 Å². The third-order valence-corrected chi connectivity index (χ3v) is 3.11. The molecule has 3 heteroatoms. The Morgan fingerprint density at radius 2 is 2.00 bits per heavy atom. The van der Waals surface area contributed by atoms with E-state index in [1.54, 1.807) is 0 Å². The first-order valence-electron chi connectivity index (χ1n) is 4.93. The summed E-state index contributed by atoms with van der Waals surface area (Å²) in [5.74, 6) is 0. The molecule has 0 unspecified atom stereocenters. The molecule has 0 fully saturated rings. The predicted molar refractivity (Wildman–Crippen MR) is 69.4 cm³/mol. The van der Waals surface area contributed by atoms with Crippen LogP contribution in [0, 0.1) is 3.57 Å². The molecule has 0 saturated heterocycles. The first-order valence-corrected chi connectivity index (χ1v) is 6.01. The summed E-state index contributed by atoms with van der Waals surface area (Å²) in [4.78, 5) is 0. The maximum Gasteiger partial charge on any atom is 0.0216 e. The average Bonchev–Trinajstić information content (AvgIpc) is 2.20. The van der Waals surface area contributed by atoms with E-state index in [0.29, 0.717) is 0 Å². The van der Waals surface area contributed by atoms with E-state index in [9.17, 15) is 0 Å². The molecule has 2 N–H and O–H groups in total. The van der Waals surface area contributed by atoms with Crippen molar-refractivity contribution in [1.29, 1.82) is 0 Å². The Morgan fingerprint density at radius 3 is 2.71 bits per heavy atom. The van der Waals surface area contributed by atoms with Crippen molar-refractivity contribution in [3.05, 3.63) is 33.4 Å². The van der Waals surface area contributed by atoms with E-state index in [2.05, 4.69) is 57.5 Å². The van der Waals surface area contributed by atoms with Crippen LogP contribution in [0.25, 0.3) is 0 Å². The molecule has 1 aromatic carbocycles. The number of hydrogen-bond acceptors (Lipinski definition) is 2. The van der Waals surface area contributed by atoms with Crippen LogP contribution in [0.2, 0.25) is 0 Å². The average molecular weight is 304 g/mol. The summed E-state index contributed by atoms with van der Waals surface area (Å²) in [6.45, 7) is 3.13. The van der Waals surface area contributed by atoms with Crippen molar-refractivity contribution in [2.24, 2.45) is 0 Å². The van der Waals surface area contributed by atoms with E-state index in [0.717, 1.165) is 19.6 Å². The molecule has 0 amide bonds. The second kappa shape index (κ2) is 7.20. The second-order valence-electron chi connectivity index (χ2n) is 3.23. The molecule has 1 rings (SSSR count). The van der Waals surface area contributed by atoms with E-state index >= 15 is 0 Å². The van der Waals surface area contributed by atoms with Gasteiger partial charge in [-0.1, -0.05) is 18.2 Å². The first kappa shape index (κ1) is 11.9. The third-order valence-electron chi connectivity index (χ3n) is 2.05. The molecule has 0 aliphatic carbocycles. The van der Waals surface area contributed by atoms with E-state index in [4.69, 9.17) is 0 Å². The van der Waals surface area contributed by atoms with Crippen LogP contribution in [-0.2, 0) is 6.54 Å². The van der Waals surface area contributed by atoms with E-state index in [1.807, 2.05) is 7.05 Å². The summed E-state index contributed by atoms with van der Waals surface area (Å²) in [5, 5.41) is 6.57. The van der Waals surface area contributed by atoms with Crippen LogP contribution in [0.15, 0.2) is 24.3 Å². The molecule has 1 aromatic rings. The fraction of sp³-hybridized carbons (Fsp3) is 0.455. The molecule has 0 atom stereocenters. The summed E-state index contributed by atoms with van der Waals surface area (Å²) < 4.78 is 1.34. The minimum absolute atomic E-state index is 0.975. The van der Waals surface area contributed by atoms with Crippen molar-refractivity contribution in [3.8, 4) is 0 Å². The van der Waals surface area contributed by atoms with Crippen LogP contribution < -0.4 is 10.6 Å². The molecule has 0 radical (unpaired) electrons. The van der Waals surface area contributed by atoms with Gasteiger partial charge in [0.2, 0.25) is 0 Å². The zero-order valence-electron chi connectivity index (χ0n) is 8.52. The summed E-state index contributed by atoms with van der Waals surface area (Å²) in [6.07, 6.45) is 1.18. The largest absolute Gasteiger partial charge is 0.320 e. The van der Waals surface area contributed by atoms with E-state index in [-0.39, 0.29) is 0 Å². The lowest BCUT2D eigenvalue weighted by Gasteiger charge is -2.06. The minimum atomic E-state index is 0.975. The molecule has 0 spiro atoms. The van der Waals surface area contributed by atoms with Crippen LogP contribution in [0.4, 0.5) is 0 Å². The number of rotatable bonds is 6. The maximum absolute atomic E-state index is 3.43. The van der Waals surface area contributed by atoms with Crippen molar-refractivity contribution >= 4 is 22.6 Å². The topological polar surface area (TPSA) is 24.1 Å². The molecule has 0 aliphatic rings. The van der Waals surface area contributed by atoms with Gasteiger partial charge in [-0.2, -0.15) is 0 Å². The normalized spacial score (nSPS) is 10.4. The lowest BCUT2D eigenvalue weighted by atomic mass is 10.2. The van der Waals surface area contributed by atoms with Gasteiger partial charge in [-0.15, -0.1) is 0 Å². The number of hydrogen-bond donors (Lipinski definition) is 2. The lowest BCUT2D eigenvalue weighted by Crippen LogP contribution is -2.19. The predicted octanol–water partition coefficient (Wildman–Crippen LogP) is 1.99. The molecular weight excluding hydrogens is 287 g/mol. The van der Waals surface area contributed by atoms with E-state index in [1.165, 1.54) is 15.6 Å². The maximum atomic E-state index is 3.43. The van der Waals surface area contributed by atoms with Crippen molar-refractivity contribution in [2.45, 2.75) is 13.0 Å². The zero-order valence-corrected chi connectivity index (χ0v) is 10.7. The SMILES string of the molecule is CNCCCNCc1ccccc1I. The Morgan fingerprint density at radius 1 is 1.21 bits per heavy atom. The quantitative estimate of drug-likeness (QED) is 0.620. The van der Waals surface area contributed by atoms with Gasteiger partial charge in [0.05, 0.1) is 0 Å². The Bertz CT molecular complexity index is 263. The Balaban J connectivity index is 2.21. The molecule has 0 heterocycles. The molecule has 2 nitrogen and oxygen atoms in total. The van der Waals surface area contributed by atoms with Crippen LogP contribution >= 0.6 is 22.6 Å². The monoisotopic (exact) mass is 304 g/mol. The smallest absolute Gasteiger partial charge is 0.0216 e. The molecule has 78 valence electrons. The highest BCUT2D eigenvalue weighted by atomic mass is 127. The van der Waals surface area contributed by atoms with E-state index < -0.39 is 0 Å². The number of halogens is 1. The van der Waals surface area contributed by atoms with Crippen molar-refractivity contribution in [1.82, 2.24) is 10.6 Å². The zero-order chi connectivity index (χ0) is 10.2. The van der Waals surface area contributed by atoms with Crippen molar-refractivity contribution in [2.75, 3.05) is 20.1 Å². The van der Waals surface area contributed by atoms with Crippen LogP contribution in [-0.4, -0.2) is 20.1 Å². The molecule has 0 aromatic heterocycles. The molecule has 0 bridgehead atoms. The van der Waals surface area contributed by atoms with Gasteiger partial charge < -0.3 is 10.6 Å². The van der Waals surface area contributed by atoms with Gasteiger partial charge in [0, 0.05) is 10.1 Å². The molecule has 14 heavy (non-hydrogen) atoms. The highest BCUT2D eigenvalue weighted by Crippen LogP contribution is 2.10. The van der Waals surface area contributed by atoms with Crippen LogP contribution in [0.1, 0.15) is 12.0 Å².